The molecule has 0 amide bonds. The van der Waals surface area contributed by atoms with Gasteiger partial charge in [0.15, 0.2) is 0 Å². The number of nitrogens with zero attached hydrogens (tertiary/aromatic N) is 4. The van der Waals surface area contributed by atoms with Crippen molar-refractivity contribution in [1.29, 1.82) is 0 Å². The smallest absolute Gasteiger partial charge is 0.419 e. The van der Waals surface area contributed by atoms with Crippen LogP contribution in [0.3, 0.4) is 0 Å². The normalized spacial score (nSPS) is 24.0. The number of benzene rings is 6. The Labute approximate surface area is 818 Å². The average Bonchev–Trinajstić information content (AvgIpc) is 1.67. The van der Waals surface area contributed by atoms with Crippen LogP contribution in [0.4, 0.5) is 62.3 Å². The van der Waals surface area contributed by atoms with Crippen molar-refractivity contribution < 1.29 is 133 Å². The Bertz CT molecular complexity index is 5920. The van der Waals surface area contributed by atoms with E-state index in [1.165, 1.54) is 91.3 Å². The van der Waals surface area contributed by atoms with Gasteiger partial charge in [0, 0.05) is 126 Å². The monoisotopic (exact) mass is 1980 g/mol. The summed E-state index contributed by atoms with van der Waals surface area (Å²) in [5.41, 5.74) is 9.91. The predicted molar refractivity (Wildman–Crippen MR) is 503 cm³/mol. The van der Waals surface area contributed by atoms with E-state index in [1.54, 1.807) is 18.2 Å². The number of esters is 8. The number of hydrogen-bond donors (Lipinski definition) is 0. The van der Waals surface area contributed by atoms with Crippen LogP contribution in [-0.4, -0.2) is 102 Å². The summed E-state index contributed by atoms with van der Waals surface area (Å²) in [7, 11) is 0. The van der Waals surface area contributed by atoms with Crippen molar-refractivity contribution in [2.45, 2.75) is 241 Å². The molecule has 20 nitrogen and oxygen atoms in total. The van der Waals surface area contributed by atoms with Crippen molar-refractivity contribution in [3.63, 3.8) is 0 Å². The third-order valence-electron chi connectivity index (χ3n) is 26.5. The number of rotatable bonds is 20. The molecule has 8 heterocycles. The van der Waals surface area contributed by atoms with Gasteiger partial charge in [0.1, 0.15) is 22.3 Å². The van der Waals surface area contributed by atoms with Gasteiger partial charge in [-0.25, -0.2) is 38.4 Å². The first-order valence-corrected chi connectivity index (χ1v) is 46.8. The fourth-order valence-electron chi connectivity index (χ4n) is 19.1. The van der Waals surface area contributed by atoms with Gasteiger partial charge in [-0.15, -0.1) is 0 Å². The van der Waals surface area contributed by atoms with Gasteiger partial charge in [-0.05, 0) is 152 Å². The van der Waals surface area contributed by atoms with Gasteiger partial charge in [-0.1, -0.05) is 239 Å². The topological polar surface area (TPSA) is 223 Å². The van der Waals surface area contributed by atoms with Gasteiger partial charge in [0.25, 0.3) is 23.1 Å². The summed E-state index contributed by atoms with van der Waals surface area (Å²) in [5.74, 6) is -24.9. The minimum absolute atomic E-state index is 0. The largest absolute Gasteiger partial charge is 2.00 e. The Morgan fingerprint density at radius 1 is 0.417 bits per heavy atom. The molecule has 139 heavy (non-hydrogen) atoms. The first-order valence-electron chi connectivity index (χ1n) is 46.0. The molecule has 31 heteroatoms. The number of unbranched alkanes of at least 4 members (excludes halogenated alkanes) is 2. The molecule has 4 saturated heterocycles. The maximum absolute atomic E-state index is 14.9. The van der Waals surface area contributed by atoms with Crippen molar-refractivity contribution in [2.24, 2.45) is 17.8 Å². The van der Waals surface area contributed by atoms with E-state index in [0.29, 0.717) is 48.4 Å². The molecule has 3 saturated carbocycles. The number of anilines is 4. The number of para-hydroxylation sites is 4. The second kappa shape index (κ2) is 42.0. The molecule has 0 radical (unpaired) electrons. The molecule has 3 aliphatic carbocycles. The molecule has 11 aliphatic rings. The van der Waals surface area contributed by atoms with Gasteiger partial charge < -0.3 is 77.9 Å². The molecule has 736 valence electrons. The summed E-state index contributed by atoms with van der Waals surface area (Å²) in [4.78, 5) is 107. The van der Waals surface area contributed by atoms with Crippen molar-refractivity contribution in [1.82, 2.24) is 0 Å². The van der Waals surface area contributed by atoms with E-state index in [2.05, 4.69) is 149 Å². The molecular weight excluding hydrogens is 1870 g/mol. The second-order valence-corrected chi connectivity index (χ2v) is 38.3. The van der Waals surface area contributed by atoms with Gasteiger partial charge in [-0.2, -0.15) is 39.5 Å². The number of carbonyl (C=O) groups excluding carboxylic acids is 8. The number of cyclic esters (lactones) is 6. The summed E-state index contributed by atoms with van der Waals surface area (Å²) in [6.45, 7) is 35.3. The Kier molecular flexibility index (Phi) is 31.9. The zero-order chi connectivity index (χ0) is 100. The average molecular weight is 1980 g/mol. The summed E-state index contributed by atoms with van der Waals surface area (Å²) in [5, 5.41) is -0.981. The summed E-state index contributed by atoms with van der Waals surface area (Å²) < 4.78 is 167. The molecule has 6 aromatic rings. The van der Waals surface area contributed by atoms with E-state index >= 15 is 0 Å². The number of hydrogen-bond acceptors (Lipinski definition) is 21. The minimum Gasteiger partial charge on any atom is -0.419 e. The third kappa shape index (κ3) is 21.1. The zero-order valence-corrected chi connectivity index (χ0v) is 81.0. The Morgan fingerprint density at radius 2 is 0.813 bits per heavy atom. The minimum atomic E-state index is -7.11. The molecule has 0 aromatic heterocycles. The van der Waals surface area contributed by atoms with Gasteiger partial charge in [-0.3, -0.25) is 4.90 Å². The van der Waals surface area contributed by atoms with E-state index < -0.39 is 116 Å². The van der Waals surface area contributed by atoms with Crippen LogP contribution < -0.4 is 19.6 Å². The number of fused-ring (bicyclic) bond motifs is 7. The molecule has 17 rings (SSSR count). The van der Waals surface area contributed by atoms with Gasteiger partial charge in [0.05, 0.1) is 10.7 Å². The molecule has 2 bridgehead atoms. The Morgan fingerprint density at radius 3 is 1.26 bits per heavy atom. The van der Waals surface area contributed by atoms with Gasteiger partial charge >= 0.3 is 88.9 Å². The first-order chi connectivity index (χ1) is 65.2. The maximum Gasteiger partial charge on any atom is 2.00 e. The van der Waals surface area contributed by atoms with E-state index in [9.17, 15) is 77.9 Å². The molecule has 7 fully saturated rings. The molecule has 8 aliphatic heterocycles. The quantitative estimate of drug-likeness (QED) is 0.00797. The van der Waals surface area contributed by atoms with Crippen LogP contribution in [0.15, 0.2) is 280 Å². The van der Waals surface area contributed by atoms with Crippen LogP contribution in [-0.2, 0) is 122 Å². The van der Waals surface area contributed by atoms with Crippen molar-refractivity contribution in [3.05, 3.63) is 316 Å². The summed E-state index contributed by atoms with van der Waals surface area (Å²) in [6.07, 6.45) is 22.5. The second-order valence-electron chi connectivity index (χ2n) is 37.3. The maximum atomic E-state index is 14.9. The van der Waals surface area contributed by atoms with Crippen LogP contribution in [0.25, 0.3) is 0 Å². The molecule has 2 atom stereocenters. The van der Waals surface area contributed by atoms with E-state index in [0.717, 1.165) is 119 Å². The fraction of sp³-hybridized carbons (Fsp3) is 0.389. The van der Waals surface area contributed by atoms with E-state index in [1.807, 2.05) is 78.9 Å². The number of allylic oxidation sites excluding steroid dienone is 15. The van der Waals surface area contributed by atoms with Crippen LogP contribution >= 0.6 is 11.8 Å². The standard InChI is InChI=1S/C34H33NO4.C26H31NO4.C24H29NO4.C20H14F9NO4S.C4H4.Fe/c1-33(2)28-19-11-12-20-29(28)35(23-24-13-5-3-6-14-24)30(33)22-21-27-31(36)38-34(39-32(27)37,26-17-9-10-18-26)25-15-7-4-8-16-25;1-4-5-14-27-21-9-7-6-8-20(21)25(2,3)22(27)13-12-19-23(28)30-26(31-24(19)29)16-17-10-11-18(26)15-17;1-6-7-16-25-19-14-10-9-13-18(19)23(2,3)20(25)15-11-8-12-17-21(26)28-24(4,5)29-22(17)27;1-3-16(2)33-14(31)10(15(32)34-16)8-9-13-30(11-6-4-5-7-12(11)35-13)20(28,29)18(23,24)17(21,22)19(25,26)27;1-3-4-2;/h3-8,11-16,19-22,26H,9-10,17-18,23H2,1-2H3;6-9,12-13,17-18H,4-5,10-11,14-16H2,1-3H3;8-15H,6-7,16H2,1-5H3;4-9H,3H2,1-2H3;1-4H;/q;;;;-2;+2/b27-21?,30-22+;19-12?,22-13+;11-8+,20-15+;10-8?,13-9-;;. The van der Waals surface area contributed by atoms with Crippen molar-refractivity contribution in [2.75, 3.05) is 32.7 Å². The Hall–Kier alpha value is -12.3. The van der Waals surface area contributed by atoms with Gasteiger partial charge in [0.2, 0.25) is 0 Å². The number of thioether (sulfide) groups is 1. The zero-order valence-electron chi connectivity index (χ0n) is 79.1. The third-order valence-corrected chi connectivity index (χ3v) is 27.6. The van der Waals surface area contributed by atoms with E-state index in [4.69, 9.17) is 51.1 Å². The van der Waals surface area contributed by atoms with Crippen LogP contribution in [0.5, 0.6) is 0 Å². The predicted octanol–water partition coefficient (Wildman–Crippen LogP) is 23.7. The molecule has 6 aromatic carbocycles. The molecule has 1 spiro atoms. The molecule has 2 unspecified atom stereocenters. The van der Waals surface area contributed by atoms with Crippen LogP contribution in [0.1, 0.15) is 194 Å². The van der Waals surface area contributed by atoms with Crippen LogP contribution in [0, 0.1) is 30.9 Å². The SMILES string of the molecule is CC1(C)/C(=C\C=C2C(=O)OC(c3ccccc3)(C3CCCC3)OC2=O)N(Cc2ccccc2)c2ccccc21.CCC1(C)OC(=O)C(=C/C=C2\Sc3ccccc3N2C(F)(F)C(F)(F)C(F)(F)C(F)(F)F)C(=O)O1.CCCCN1/C(=C/C=C/C=C2C(=O)OC(C)(C)OC2=O)C(C)(C)c2ccccc21.CCCCN1/C(=C/C=C2C(=O)OC3(CC4CCC3C4)OC2=O)C(C)(C)c2ccccc21.[CH-]=CC=[CH-].[Fe+2]. The molecule has 0 N–H and O–H groups in total. The fourth-order valence-corrected chi connectivity index (χ4v) is 20.2. The molecular formula is C108H111F9FeN4O16S. The van der Waals surface area contributed by atoms with Crippen molar-refractivity contribution >= 4 is 82.3 Å². The number of alkyl halides is 9. The van der Waals surface area contributed by atoms with Crippen LogP contribution in [0.2, 0.25) is 0 Å². The number of ether oxygens (including phenoxy) is 8. The Balaban J connectivity index is 0.000000164. The van der Waals surface area contributed by atoms with Crippen molar-refractivity contribution in [3.8, 4) is 0 Å². The first kappa shape index (κ1) is 106. The number of carbonyl (C=O) groups is 8. The number of halogens is 9. The van der Waals surface area contributed by atoms with E-state index in [-0.39, 0.29) is 73.2 Å². The summed E-state index contributed by atoms with van der Waals surface area (Å²) >= 11 is 0.299. The summed E-state index contributed by atoms with van der Waals surface area (Å²) in [6, 6.07) is 43.0.